The maximum absolute atomic E-state index is 5.67. The lowest BCUT2D eigenvalue weighted by Gasteiger charge is -2.25. The Labute approximate surface area is 111 Å². The van der Waals surface area contributed by atoms with Crippen molar-refractivity contribution in [3.63, 3.8) is 0 Å². The van der Waals surface area contributed by atoms with E-state index in [1.54, 1.807) is 6.26 Å². The van der Waals surface area contributed by atoms with E-state index in [9.17, 15) is 0 Å². The van der Waals surface area contributed by atoms with Crippen molar-refractivity contribution >= 4 is 0 Å². The minimum absolute atomic E-state index is 0.478. The molecule has 0 aromatic carbocycles. The number of likely N-dealkylation sites (N-methyl/N-ethyl adjacent to an activating group) is 1. The molecule has 0 radical (unpaired) electrons. The summed E-state index contributed by atoms with van der Waals surface area (Å²) in [7, 11) is 4.22. The van der Waals surface area contributed by atoms with Crippen LogP contribution in [0, 0.1) is 5.92 Å². The maximum atomic E-state index is 5.67. The van der Waals surface area contributed by atoms with Gasteiger partial charge < -0.3 is 15.1 Å². The summed E-state index contributed by atoms with van der Waals surface area (Å²) < 4.78 is 5.38. The molecule has 0 fully saturated rings. The molecule has 2 N–H and O–H groups in total. The summed E-state index contributed by atoms with van der Waals surface area (Å²) in [5.41, 5.74) is 6.89. The normalized spacial score (nSPS) is 12.0. The molecular formula is C14H27N3O. The molecule has 0 spiro atoms. The van der Waals surface area contributed by atoms with E-state index in [2.05, 4.69) is 37.7 Å². The largest absolute Gasteiger partial charge is 0.468 e. The van der Waals surface area contributed by atoms with E-state index in [-0.39, 0.29) is 0 Å². The van der Waals surface area contributed by atoms with Gasteiger partial charge in [-0.1, -0.05) is 13.8 Å². The molecule has 0 saturated carbocycles. The summed E-state index contributed by atoms with van der Waals surface area (Å²) in [6, 6.07) is 2.03. The first-order chi connectivity index (χ1) is 8.52. The summed E-state index contributed by atoms with van der Waals surface area (Å²) in [5, 5.41) is 0. The first-order valence-corrected chi connectivity index (χ1v) is 6.65. The highest BCUT2D eigenvalue weighted by Crippen LogP contribution is 2.13. The number of nitrogens with zero attached hydrogens (tertiary/aromatic N) is 2. The molecule has 104 valence electrons. The van der Waals surface area contributed by atoms with Gasteiger partial charge in [0.15, 0.2) is 0 Å². The fraction of sp³-hybridized carbons (Fsp3) is 0.714. The van der Waals surface area contributed by atoms with Gasteiger partial charge in [0, 0.05) is 31.7 Å². The zero-order chi connectivity index (χ0) is 13.5. The predicted octanol–water partition coefficient (Wildman–Crippen LogP) is 1.76. The summed E-state index contributed by atoms with van der Waals surface area (Å²) in [6.07, 6.45) is 1.73. The van der Waals surface area contributed by atoms with Gasteiger partial charge in [-0.2, -0.15) is 0 Å². The summed E-state index contributed by atoms with van der Waals surface area (Å²) >= 11 is 0. The molecule has 18 heavy (non-hydrogen) atoms. The van der Waals surface area contributed by atoms with Crippen molar-refractivity contribution in [2.45, 2.75) is 26.9 Å². The lowest BCUT2D eigenvalue weighted by molar-refractivity contribution is 0.210. The Balaban J connectivity index is 2.59. The molecule has 4 nitrogen and oxygen atoms in total. The van der Waals surface area contributed by atoms with E-state index in [1.807, 2.05) is 6.07 Å². The lowest BCUT2D eigenvalue weighted by Crippen LogP contribution is -2.34. The molecule has 1 heterocycles. The Kier molecular flexibility index (Phi) is 6.39. The second-order valence-corrected chi connectivity index (χ2v) is 5.51. The van der Waals surface area contributed by atoms with Gasteiger partial charge in [-0.25, -0.2) is 0 Å². The predicted molar refractivity (Wildman–Crippen MR) is 75.3 cm³/mol. The molecule has 0 aliphatic carbocycles. The van der Waals surface area contributed by atoms with Crippen LogP contribution < -0.4 is 5.73 Å². The van der Waals surface area contributed by atoms with Gasteiger partial charge >= 0.3 is 0 Å². The summed E-state index contributed by atoms with van der Waals surface area (Å²) in [6.45, 7) is 9.15. The molecule has 0 saturated heterocycles. The fourth-order valence-electron chi connectivity index (χ4n) is 2.02. The van der Waals surface area contributed by atoms with Gasteiger partial charge in [0.25, 0.3) is 0 Å². The van der Waals surface area contributed by atoms with Crippen LogP contribution >= 0.6 is 0 Å². The molecule has 0 bridgehead atoms. The second kappa shape index (κ2) is 7.56. The molecule has 0 unspecified atom stereocenters. The number of hydrogen-bond donors (Lipinski definition) is 1. The first kappa shape index (κ1) is 15.2. The average Bonchev–Trinajstić information content (AvgIpc) is 2.72. The van der Waals surface area contributed by atoms with Crippen LogP contribution in [0.2, 0.25) is 0 Å². The van der Waals surface area contributed by atoms with Gasteiger partial charge in [-0.3, -0.25) is 4.90 Å². The van der Waals surface area contributed by atoms with Crippen LogP contribution in [0.1, 0.15) is 25.2 Å². The Hall–Kier alpha value is -0.840. The SMILES string of the molecule is CC(C)CN(CCN(C)C)Cc1ccoc1CN. The highest BCUT2D eigenvalue weighted by Gasteiger charge is 2.12. The average molecular weight is 253 g/mol. The third kappa shape index (κ3) is 5.21. The molecule has 0 atom stereocenters. The minimum atomic E-state index is 0.478. The summed E-state index contributed by atoms with van der Waals surface area (Å²) in [5.74, 6) is 1.58. The van der Waals surface area contributed by atoms with Crippen LogP contribution in [0.4, 0.5) is 0 Å². The van der Waals surface area contributed by atoms with Crippen LogP contribution in [0.5, 0.6) is 0 Å². The van der Waals surface area contributed by atoms with E-state index in [4.69, 9.17) is 10.2 Å². The molecule has 4 heteroatoms. The quantitative estimate of drug-likeness (QED) is 0.767. The molecule has 1 aromatic rings. The third-order valence-electron chi connectivity index (χ3n) is 2.90. The highest BCUT2D eigenvalue weighted by molar-refractivity contribution is 5.16. The highest BCUT2D eigenvalue weighted by atomic mass is 16.3. The molecule has 1 aromatic heterocycles. The smallest absolute Gasteiger partial charge is 0.121 e. The van der Waals surface area contributed by atoms with E-state index in [0.29, 0.717) is 12.5 Å². The molecule has 0 amide bonds. The van der Waals surface area contributed by atoms with Crippen molar-refractivity contribution in [3.05, 3.63) is 23.7 Å². The zero-order valence-corrected chi connectivity index (χ0v) is 12.1. The van der Waals surface area contributed by atoms with Crippen molar-refractivity contribution < 1.29 is 4.42 Å². The third-order valence-corrected chi connectivity index (χ3v) is 2.90. The molecule has 1 rings (SSSR count). The van der Waals surface area contributed by atoms with E-state index in [1.165, 1.54) is 5.56 Å². The van der Waals surface area contributed by atoms with Crippen molar-refractivity contribution in [2.75, 3.05) is 33.7 Å². The Morgan fingerprint density at radius 1 is 1.28 bits per heavy atom. The van der Waals surface area contributed by atoms with E-state index in [0.717, 1.165) is 31.9 Å². The van der Waals surface area contributed by atoms with Crippen molar-refractivity contribution in [3.8, 4) is 0 Å². The standard InChI is InChI=1S/C14H27N3O/c1-12(2)10-17(7-6-16(3)4)11-13-5-8-18-14(13)9-15/h5,8,12H,6-7,9-11,15H2,1-4H3. The van der Waals surface area contributed by atoms with Crippen LogP contribution in [0.25, 0.3) is 0 Å². The number of nitrogens with two attached hydrogens (primary N) is 1. The minimum Gasteiger partial charge on any atom is -0.468 e. The van der Waals surface area contributed by atoms with Gasteiger partial charge in [-0.15, -0.1) is 0 Å². The number of hydrogen-bond acceptors (Lipinski definition) is 4. The van der Waals surface area contributed by atoms with Gasteiger partial charge in [-0.05, 0) is 26.1 Å². The zero-order valence-electron chi connectivity index (χ0n) is 12.1. The van der Waals surface area contributed by atoms with Crippen molar-refractivity contribution in [1.29, 1.82) is 0 Å². The van der Waals surface area contributed by atoms with Gasteiger partial charge in [0.05, 0.1) is 12.8 Å². The van der Waals surface area contributed by atoms with Crippen LogP contribution in [0.3, 0.4) is 0 Å². The van der Waals surface area contributed by atoms with Gasteiger partial charge in [0.2, 0.25) is 0 Å². The molecule has 0 aliphatic heterocycles. The van der Waals surface area contributed by atoms with Crippen molar-refractivity contribution in [2.24, 2.45) is 11.7 Å². The first-order valence-electron chi connectivity index (χ1n) is 6.65. The fourth-order valence-corrected chi connectivity index (χ4v) is 2.02. The van der Waals surface area contributed by atoms with Gasteiger partial charge in [0.1, 0.15) is 5.76 Å². The Bertz CT molecular complexity index is 334. The summed E-state index contributed by atoms with van der Waals surface area (Å²) in [4.78, 5) is 4.68. The number of rotatable bonds is 8. The Morgan fingerprint density at radius 3 is 2.56 bits per heavy atom. The van der Waals surface area contributed by atoms with Crippen molar-refractivity contribution in [1.82, 2.24) is 9.80 Å². The number of furan rings is 1. The monoisotopic (exact) mass is 253 g/mol. The lowest BCUT2D eigenvalue weighted by atomic mass is 10.1. The topological polar surface area (TPSA) is 45.6 Å². The van der Waals surface area contributed by atoms with E-state index >= 15 is 0 Å². The maximum Gasteiger partial charge on any atom is 0.121 e. The Morgan fingerprint density at radius 2 is 2.00 bits per heavy atom. The van der Waals surface area contributed by atoms with Crippen LogP contribution in [0.15, 0.2) is 16.7 Å². The molecule has 0 aliphatic rings. The van der Waals surface area contributed by atoms with E-state index < -0.39 is 0 Å². The van der Waals surface area contributed by atoms with Crippen LogP contribution in [-0.2, 0) is 13.1 Å². The van der Waals surface area contributed by atoms with Crippen LogP contribution in [-0.4, -0.2) is 43.5 Å². The second-order valence-electron chi connectivity index (χ2n) is 5.51. The molecular weight excluding hydrogens is 226 g/mol.